The Hall–Kier alpha value is -3.18. The van der Waals surface area contributed by atoms with Crippen molar-refractivity contribution in [1.82, 2.24) is 15.1 Å². The highest BCUT2D eigenvalue weighted by Crippen LogP contribution is 2.16. The molecule has 2 aromatic carbocycles. The zero-order chi connectivity index (χ0) is 29.7. The smallest absolute Gasteiger partial charge is 0.408 e. The Morgan fingerprint density at radius 3 is 2.12 bits per heavy atom. The topological polar surface area (TPSA) is 134 Å². The Kier molecular flexibility index (Phi) is 13.9. The maximum Gasteiger partial charge on any atom is 0.408 e. The molecular formula is C29H41ClN4O6. The SMILES string of the molecule is CCOC(CN(C(=O)C(Cc1cccc(Cl)c1)NC(=O)C(CN)N(Cc1ccccc1)C(=O)O)C(C)C)OCC. The predicted molar refractivity (Wildman–Crippen MR) is 154 cm³/mol. The number of nitrogens with two attached hydrogens (primary N) is 1. The Morgan fingerprint density at radius 1 is 0.975 bits per heavy atom. The molecule has 0 aliphatic rings. The van der Waals surface area contributed by atoms with Gasteiger partial charge in [-0.1, -0.05) is 54.1 Å². The van der Waals surface area contributed by atoms with Crippen molar-refractivity contribution in [2.24, 2.45) is 5.73 Å². The maximum absolute atomic E-state index is 14.0. The summed E-state index contributed by atoms with van der Waals surface area (Å²) in [4.78, 5) is 42.3. The monoisotopic (exact) mass is 576 g/mol. The first-order valence-electron chi connectivity index (χ1n) is 13.4. The first-order valence-corrected chi connectivity index (χ1v) is 13.8. The number of halogens is 1. The molecule has 0 radical (unpaired) electrons. The standard InChI is InChI=1S/C29H41ClN4O6/c1-5-39-26(40-6-2)19-33(20(3)4)28(36)24(16-22-13-10-14-23(30)15-22)32-27(35)25(17-31)34(29(37)38)18-21-11-8-7-9-12-21/h7-15,20,24-26H,5-6,16-19,31H2,1-4H3,(H,32,35)(H,37,38). The van der Waals surface area contributed by atoms with Gasteiger partial charge >= 0.3 is 6.09 Å². The summed E-state index contributed by atoms with van der Waals surface area (Å²) in [5, 5.41) is 13.2. The Balaban J connectivity index is 2.38. The van der Waals surface area contributed by atoms with Crippen LogP contribution < -0.4 is 11.1 Å². The number of carbonyl (C=O) groups excluding carboxylic acids is 2. The molecule has 11 heteroatoms. The normalized spacial score (nSPS) is 12.7. The lowest BCUT2D eigenvalue weighted by atomic mass is 10.0. The third-order valence-corrected chi connectivity index (χ3v) is 6.48. The lowest BCUT2D eigenvalue weighted by Gasteiger charge is -2.35. The van der Waals surface area contributed by atoms with Crippen molar-refractivity contribution in [3.8, 4) is 0 Å². The Morgan fingerprint density at radius 2 is 1.60 bits per heavy atom. The fraction of sp³-hybridized carbons (Fsp3) is 0.483. The molecule has 3 amide bonds. The van der Waals surface area contributed by atoms with E-state index in [0.29, 0.717) is 23.8 Å². The minimum Gasteiger partial charge on any atom is -0.465 e. The van der Waals surface area contributed by atoms with Crippen LogP contribution in [0.25, 0.3) is 0 Å². The molecule has 0 aliphatic heterocycles. The van der Waals surface area contributed by atoms with Gasteiger partial charge in [-0.15, -0.1) is 0 Å². The molecule has 2 unspecified atom stereocenters. The number of ether oxygens (including phenoxy) is 2. The fourth-order valence-corrected chi connectivity index (χ4v) is 4.49. The van der Waals surface area contributed by atoms with Gasteiger partial charge in [0.1, 0.15) is 12.1 Å². The van der Waals surface area contributed by atoms with Gasteiger partial charge in [0, 0.05) is 43.8 Å². The zero-order valence-electron chi connectivity index (χ0n) is 23.6. The molecule has 2 atom stereocenters. The van der Waals surface area contributed by atoms with Gasteiger partial charge in [0.05, 0.1) is 6.54 Å². The number of hydrogen-bond acceptors (Lipinski definition) is 6. The lowest BCUT2D eigenvalue weighted by Crippen LogP contribution is -2.59. The van der Waals surface area contributed by atoms with E-state index >= 15 is 0 Å². The largest absolute Gasteiger partial charge is 0.465 e. The van der Waals surface area contributed by atoms with Crippen molar-refractivity contribution in [3.05, 3.63) is 70.7 Å². The molecule has 0 aliphatic carbocycles. The van der Waals surface area contributed by atoms with Crippen LogP contribution in [0.15, 0.2) is 54.6 Å². The van der Waals surface area contributed by atoms with Gasteiger partial charge in [-0.3, -0.25) is 14.5 Å². The van der Waals surface area contributed by atoms with Crippen LogP contribution in [0.2, 0.25) is 5.02 Å². The quantitative estimate of drug-likeness (QED) is 0.260. The van der Waals surface area contributed by atoms with Gasteiger partial charge in [0.15, 0.2) is 6.29 Å². The van der Waals surface area contributed by atoms with Crippen molar-refractivity contribution in [2.45, 2.75) is 65.1 Å². The number of carbonyl (C=O) groups is 3. The molecule has 2 aromatic rings. The lowest BCUT2D eigenvalue weighted by molar-refractivity contribution is -0.163. The highest BCUT2D eigenvalue weighted by molar-refractivity contribution is 6.30. The molecule has 40 heavy (non-hydrogen) atoms. The molecule has 0 bridgehead atoms. The summed E-state index contributed by atoms with van der Waals surface area (Å²) in [5.41, 5.74) is 7.35. The minimum absolute atomic E-state index is 0.0408. The van der Waals surface area contributed by atoms with E-state index in [1.54, 1.807) is 53.4 Å². The molecule has 0 saturated carbocycles. The van der Waals surface area contributed by atoms with E-state index in [4.69, 9.17) is 26.8 Å². The summed E-state index contributed by atoms with van der Waals surface area (Å²) >= 11 is 6.19. The first kappa shape index (κ1) is 33.0. The second-order valence-corrected chi connectivity index (χ2v) is 9.90. The van der Waals surface area contributed by atoms with E-state index in [9.17, 15) is 19.5 Å². The summed E-state index contributed by atoms with van der Waals surface area (Å²) in [6.45, 7) is 8.04. The van der Waals surface area contributed by atoms with Gasteiger partial charge in [-0.05, 0) is 51.0 Å². The van der Waals surface area contributed by atoms with Crippen LogP contribution in [-0.4, -0.2) is 83.5 Å². The van der Waals surface area contributed by atoms with Gasteiger partial charge in [0.2, 0.25) is 11.8 Å². The molecule has 0 heterocycles. The number of rotatable bonds is 16. The van der Waals surface area contributed by atoms with Crippen LogP contribution in [0.4, 0.5) is 4.79 Å². The number of nitrogens with one attached hydrogen (secondary N) is 1. The van der Waals surface area contributed by atoms with E-state index in [2.05, 4.69) is 5.32 Å². The van der Waals surface area contributed by atoms with E-state index in [1.165, 1.54) is 0 Å². The molecule has 0 saturated heterocycles. The predicted octanol–water partition coefficient (Wildman–Crippen LogP) is 3.51. The van der Waals surface area contributed by atoms with Crippen molar-refractivity contribution in [2.75, 3.05) is 26.3 Å². The van der Waals surface area contributed by atoms with Gasteiger partial charge in [-0.25, -0.2) is 4.79 Å². The van der Waals surface area contributed by atoms with Gasteiger partial charge in [0.25, 0.3) is 0 Å². The molecule has 220 valence electrons. The Bertz CT molecular complexity index is 1080. The van der Waals surface area contributed by atoms with Gasteiger partial charge < -0.3 is 30.5 Å². The zero-order valence-corrected chi connectivity index (χ0v) is 24.3. The van der Waals surface area contributed by atoms with Crippen molar-refractivity contribution < 1.29 is 29.0 Å². The molecule has 4 N–H and O–H groups in total. The molecule has 2 rings (SSSR count). The summed E-state index contributed by atoms with van der Waals surface area (Å²) in [6.07, 6.45) is -1.81. The molecule has 0 aromatic heterocycles. The van der Waals surface area contributed by atoms with E-state index in [-0.39, 0.29) is 38.0 Å². The van der Waals surface area contributed by atoms with Crippen LogP contribution in [0, 0.1) is 0 Å². The van der Waals surface area contributed by atoms with Crippen molar-refractivity contribution in [1.29, 1.82) is 0 Å². The molecule has 0 fully saturated rings. The van der Waals surface area contributed by atoms with E-state index < -0.39 is 30.4 Å². The summed E-state index contributed by atoms with van der Waals surface area (Å²) in [5.74, 6) is -1.04. The molecular weight excluding hydrogens is 536 g/mol. The second kappa shape index (κ2) is 16.8. The number of nitrogens with zero attached hydrogens (tertiary/aromatic N) is 2. The third kappa shape index (κ3) is 10.1. The summed E-state index contributed by atoms with van der Waals surface area (Å²) in [7, 11) is 0. The number of amides is 3. The van der Waals surface area contributed by atoms with E-state index in [1.807, 2.05) is 33.8 Å². The van der Waals surface area contributed by atoms with Crippen LogP contribution in [0.3, 0.4) is 0 Å². The van der Waals surface area contributed by atoms with Crippen LogP contribution >= 0.6 is 11.6 Å². The van der Waals surface area contributed by atoms with E-state index in [0.717, 1.165) is 10.5 Å². The minimum atomic E-state index is -1.30. The summed E-state index contributed by atoms with van der Waals surface area (Å²) < 4.78 is 11.3. The highest BCUT2D eigenvalue weighted by atomic mass is 35.5. The number of carboxylic acid groups (broad SMARTS) is 1. The third-order valence-electron chi connectivity index (χ3n) is 6.24. The first-order chi connectivity index (χ1) is 19.1. The average Bonchev–Trinajstić information content (AvgIpc) is 2.91. The number of hydrogen-bond donors (Lipinski definition) is 3. The van der Waals surface area contributed by atoms with Gasteiger partial charge in [-0.2, -0.15) is 0 Å². The van der Waals surface area contributed by atoms with Crippen molar-refractivity contribution >= 4 is 29.5 Å². The highest BCUT2D eigenvalue weighted by Gasteiger charge is 2.34. The van der Waals surface area contributed by atoms with Crippen molar-refractivity contribution in [3.63, 3.8) is 0 Å². The average molecular weight is 577 g/mol. The maximum atomic E-state index is 14.0. The Labute approximate surface area is 241 Å². The molecule has 0 spiro atoms. The summed E-state index contributed by atoms with van der Waals surface area (Å²) in [6, 6.07) is 13.4. The fourth-order valence-electron chi connectivity index (χ4n) is 4.28. The molecule has 10 nitrogen and oxygen atoms in total. The van der Waals surface area contributed by atoms with Crippen LogP contribution in [-0.2, 0) is 32.0 Å². The van der Waals surface area contributed by atoms with Crippen LogP contribution in [0.1, 0.15) is 38.8 Å². The van der Waals surface area contributed by atoms with Crippen LogP contribution in [0.5, 0.6) is 0 Å². The second-order valence-electron chi connectivity index (χ2n) is 9.47. The number of benzene rings is 2.